The Labute approximate surface area is 110 Å². The SMILES string of the molecule is CCC(CC)c1cc(C(=O)NCC(F)(F)CN)on1. The molecule has 0 unspecified atom stereocenters. The molecule has 3 N–H and O–H groups in total. The van der Waals surface area contributed by atoms with Gasteiger partial charge < -0.3 is 15.6 Å². The number of nitrogens with two attached hydrogens (primary N) is 1. The Balaban J connectivity index is 2.63. The van der Waals surface area contributed by atoms with Crippen LogP contribution in [0, 0.1) is 0 Å². The summed E-state index contributed by atoms with van der Waals surface area (Å²) < 4.78 is 30.6. The summed E-state index contributed by atoms with van der Waals surface area (Å²) >= 11 is 0. The lowest BCUT2D eigenvalue weighted by Crippen LogP contribution is -2.41. The van der Waals surface area contributed by atoms with Crippen molar-refractivity contribution >= 4 is 5.91 Å². The van der Waals surface area contributed by atoms with E-state index < -0.39 is 24.9 Å². The van der Waals surface area contributed by atoms with E-state index in [9.17, 15) is 13.6 Å². The van der Waals surface area contributed by atoms with Crippen LogP contribution in [0.2, 0.25) is 0 Å². The number of hydrogen-bond acceptors (Lipinski definition) is 4. The van der Waals surface area contributed by atoms with E-state index in [0.717, 1.165) is 12.8 Å². The zero-order valence-corrected chi connectivity index (χ0v) is 11.1. The van der Waals surface area contributed by atoms with Crippen molar-refractivity contribution in [3.05, 3.63) is 17.5 Å². The molecule has 108 valence electrons. The number of alkyl halides is 2. The molecule has 19 heavy (non-hydrogen) atoms. The first-order chi connectivity index (χ1) is 8.93. The van der Waals surface area contributed by atoms with Crippen LogP contribution in [0.3, 0.4) is 0 Å². The highest BCUT2D eigenvalue weighted by molar-refractivity contribution is 5.91. The second-order valence-corrected chi connectivity index (χ2v) is 4.37. The maximum atomic E-state index is 12.9. The summed E-state index contributed by atoms with van der Waals surface area (Å²) in [6, 6.07) is 1.49. The zero-order valence-electron chi connectivity index (χ0n) is 11.1. The molecule has 0 aliphatic carbocycles. The van der Waals surface area contributed by atoms with Gasteiger partial charge in [-0.05, 0) is 12.8 Å². The van der Waals surface area contributed by atoms with Crippen LogP contribution in [0.4, 0.5) is 8.78 Å². The maximum Gasteiger partial charge on any atom is 0.290 e. The fraction of sp³-hybridized carbons (Fsp3) is 0.667. The van der Waals surface area contributed by atoms with Gasteiger partial charge in [0.1, 0.15) is 0 Å². The first-order valence-electron chi connectivity index (χ1n) is 6.26. The van der Waals surface area contributed by atoms with Crippen LogP contribution < -0.4 is 11.1 Å². The van der Waals surface area contributed by atoms with Gasteiger partial charge in [0.25, 0.3) is 11.8 Å². The van der Waals surface area contributed by atoms with Crippen molar-refractivity contribution in [2.45, 2.75) is 38.5 Å². The van der Waals surface area contributed by atoms with E-state index in [1.807, 2.05) is 13.8 Å². The van der Waals surface area contributed by atoms with E-state index in [0.29, 0.717) is 5.69 Å². The number of halogens is 2. The molecule has 7 heteroatoms. The van der Waals surface area contributed by atoms with Crippen LogP contribution in [-0.4, -0.2) is 30.1 Å². The van der Waals surface area contributed by atoms with E-state index in [4.69, 9.17) is 10.3 Å². The van der Waals surface area contributed by atoms with Gasteiger partial charge in [0.05, 0.1) is 18.8 Å². The summed E-state index contributed by atoms with van der Waals surface area (Å²) in [6.45, 7) is 2.38. The van der Waals surface area contributed by atoms with Crippen LogP contribution in [0.1, 0.15) is 48.9 Å². The van der Waals surface area contributed by atoms with E-state index in [1.54, 1.807) is 0 Å². The molecular formula is C12H19F2N3O2. The molecule has 0 aliphatic rings. The van der Waals surface area contributed by atoms with Crippen molar-refractivity contribution in [1.82, 2.24) is 10.5 Å². The number of aromatic nitrogens is 1. The highest BCUT2D eigenvalue weighted by atomic mass is 19.3. The summed E-state index contributed by atoms with van der Waals surface area (Å²) in [7, 11) is 0. The van der Waals surface area contributed by atoms with Gasteiger partial charge in [0.2, 0.25) is 5.76 Å². The zero-order chi connectivity index (χ0) is 14.5. The van der Waals surface area contributed by atoms with E-state index in [2.05, 4.69) is 10.5 Å². The monoisotopic (exact) mass is 275 g/mol. The molecule has 1 aromatic rings. The number of nitrogens with one attached hydrogen (secondary N) is 1. The lowest BCUT2D eigenvalue weighted by Gasteiger charge is -2.13. The fourth-order valence-corrected chi connectivity index (χ4v) is 1.66. The number of rotatable bonds is 7. The normalized spacial score (nSPS) is 11.9. The van der Waals surface area contributed by atoms with Gasteiger partial charge in [-0.25, -0.2) is 8.78 Å². The predicted molar refractivity (Wildman–Crippen MR) is 66.2 cm³/mol. The van der Waals surface area contributed by atoms with Gasteiger partial charge in [-0.1, -0.05) is 19.0 Å². The largest absolute Gasteiger partial charge is 0.351 e. The number of amides is 1. The van der Waals surface area contributed by atoms with Crippen molar-refractivity contribution in [1.29, 1.82) is 0 Å². The average molecular weight is 275 g/mol. The number of carbonyl (C=O) groups excluding carboxylic acids is 1. The van der Waals surface area contributed by atoms with E-state index in [1.165, 1.54) is 6.07 Å². The second kappa shape index (κ2) is 6.60. The third-order valence-electron chi connectivity index (χ3n) is 2.96. The summed E-state index contributed by atoms with van der Waals surface area (Å²) in [5.74, 6) is -3.68. The van der Waals surface area contributed by atoms with Crippen molar-refractivity contribution in [2.24, 2.45) is 5.73 Å². The van der Waals surface area contributed by atoms with Gasteiger partial charge in [0.15, 0.2) is 0 Å². The van der Waals surface area contributed by atoms with Crippen LogP contribution in [0.15, 0.2) is 10.6 Å². The van der Waals surface area contributed by atoms with Crippen molar-refractivity contribution in [3.63, 3.8) is 0 Å². The minimum absolute atomic E-state index is 0.0604. The van der Waals surface area contributed by atoms with Crippen LogP contribution in [-0.2, 0) is 0 Å². The summed E-state index contributed by atoms with van der Waals surface area (Å²) in [6.07, 6.45) is 1.74. The minimum atomic E-state index is -3.12. The quantitative estimate of drug-likeness (QED) is 0.796. The molecule has 5 nitrogen and oxygen atoms in total. The van der Waals surface area contributed by atoms with Gasteiger partial charge in [0, 0.05) is 12.0 Å². The Hall–Kier alpha value is -1.50. The Morgan fingerprint density at radius 1 is 1.53 bits per heavy atom. The molecule has 0 fully saturated rings. The van der Waals surface area contributed by atoms with Crippen molar-refractivity contribution < 1.29 is 18.1 Å². The molecule has 1 rings (SSSR count). The first-order valence-corrected chi connectivity index (χ1v) is 6.26. The smallest absolute Gasteiger partial charge is 0.290 e. The van der Waals surface area contributed by atoms with Crippen LogP contribution in [0.25, 0.3) is 0 Å². The molecule has 0 saturated heterocycles. The highest BCUT2D eigenvalue weighted by Gasteiger charge is 2.28. The van der Waals surface area contributed by atoms with E-state index in [-0.39, 0.29) is 11.7 Å². The maximum absolute atomic E-state index is 12.9. The molecule has 1 aromatic heterocycles. The molecule has 0 bridgehead atoms. The molecular weight excluding hydrogens is 256 g/mol. The predicted octanol–water partition coefficient (Wildman–Crippen LogP) is 1.90. The fourth-order valence-electron chi connectivity index (χ4n) is 1.66. The Morgan fingerprint density at radius 3 is 2.68 bits per heavy atom. The standard InChI is InChI=1S/C12H19F2N3O2/c1-3-8(4-2)9-5-10(19-17-9)11(18)16-7-12(13,14)6-15/h5,8H,3-4,6-7,15H2,1-2H3,(H,16,18). The first kappa shape index (κ1) is 15.6. The van der Waals surface area contributed by atoms with Gasteiger partial charge in [-0.2, -0.15) is 0 Å². The molecule has 0 aliphatic heterocycles. The molecule has 0 spiro atoms. The highest BCUT2D eigenvalue weighted by Crippen LogP contribution is 2.22. The molecule has 0 saturated carbocycles. The second-order valence-electron chi connectivity index (χ2n) is 4.37. The molecule has 0 radical (unpaired) electrons. The Bertz CT molecular complexity index is 417. The number of hydrogen-bond donors (Lipinski definition) is 2. The Morgan fingerprint density at radius 2 is 2.16 bits per heavy atom. The van der Waals surface area contributed by atoms with Crippen molar-refractivity contribution in [3.8, 4) is 0 Å². The van der Waals surface area contributed by atoms with E-state index >= 15 is 0 Å². The lowest BCUT2D eigenvalue weighted by atomic mass is 9.99. The third-order valence-corrected chi connectivity index (χ3v) is 2.96. The molecule has 1 amide bonds. The third kappa shape index (κ3) is 4.27. The van der Waals surface area contributed by atoms with Gasteiger partial charge >= 0.3 is 0 Å². The molecule has 1 heterocycles. The number of carbonyl (C=O) groups is 1. The summed E-state index contributed by atoms with van der Waals surface area (Å²) in [4.78, 5) is 11.6. The molecule has 0 aromatic carbocycles. The lowest BCUT2D eigenvalue weighted by molar-refractivity contribution is 0.0115. The number of nitrogens with zero attached hydrogens (tertiary/aromatic N) is 1. The average Bonchev–Trinajstić information content (AvgIpc) is 2.87. The van der Waals surface area contributed by atoms with Crippen molar-refractivity contribution in [2.75, 3.05) is 13.1 Å². The summed E-state index contributed by atoms with van der Waals surface area (Å²) in [5.41, 5.74) is 5.54. The topological polar surface area (TPSA) is 81.2 Å². The Kier molecular flexibility index (Phi) is 5.41. The molecule has 0 atom stereocenters. The van der Waals surface area contributed by atoms with Gasteiger partial charge in [-0.15, -0.1) is 0 Å². The van der Waals surface area contributed by atoms with Gasteiger partial charge in [-0.3, -0.25) is 4.79 Å². The minimum Gasteiger partial charge on any atom is -0.351 e. The van der Waals surface area contributed by atoms with Crippen LogP contribution in [0.5, 0.6) is 0 Å². The summed E-state index contributed by atoms with van der Waals surface area (Å²) in [5, 5.41) is 5.87. The van der Waals surface area contributed by atoms with Crippen LogP contribution >= 0.6 is 0 Å².